The van der Waals surface area contributed by atoms with Crippen LogP contribution in [-0.4, -0.2) is 47.1 Å². The molecule has 1 unspecified atom stereocenters. The zero-order valence-electron chi connectivity index (χ0n) is 26.6. The average molecular weight is 696 g/mol. The molecule has 10 nitrogen and oxygen atoms in total. The third kappa shape index (κ3) is 7.84. The van der Waals surface area contributed by atoms with Crippen LogP contribution in [0.3, 0.4) is 0 Å². The molecule has 0 amide bonds. The second-order valence-corrected chi connectivity index (χ2v) is 12.1. The number of hydrogen-bond acceptors (Lipinski definition) is 9. The van der Waals surface area contributed by atoms with Crippen molar-refractivity contribution in [1.82, 2.24) is 10.2 Å². The Morgan fingerprint density at radius 2 is 1.40 bits per heavy atom. The fraction of sp³-hybridized carbons (Fsp3) is 0.333. The first-order valence-electron chi connectivity index (χ1n) is 15.8. The number of dihydropyridines is 1. The van der Waals surface area contributed by atoms with E-state index >= 15 is 0 Å². The van der Waals surface area contributed by atoms with Gasteiger partial charge in [-0.05, 0) is 49.3 Å². The summed E-state index contributed by atoms with van der Waals surface area (Å²) in [5.41, 5.74) is 9.57. The fourth-order valence-corrected chi connectivity index (χ4v) is 6.76. The monoisotopic (exact) mass is 694 g/mol. The number of halogens is 2. The predicted octanol–water partition coefficient (Wildman–Crippen LogP) is 6.46. The van der Waals surface area contributed by atoms with E-state index in [-0.39, 0.29) is 59.6 Å². The van der Waals surface area contributed by atoms with Gasteiger partial charge >= 0.3 is 11.9 Å². The molecule has 6 rings (SSSR count). The number of hydrogen-bond donors (Lipinski definition) is 2. The van der Waals surface area contributed by atoms with E-state index in [0.717, 1.165) is 43.2 Å². The van der Waals surface area contributed by atoms with Gasteiger partial charge in [0.15, 0.2) is 0 Å². The summed E-state index contributed by atoms with van der Waals surface area (Å²) in [6.45, 7) is 2.68. The first kappa shape index (κ1) is 36.5. The summed E-state index contributed by atoms with van der Waals surface area (Å²) >= 11 is 0. The third-order valence-electron chi connectivity index (χ3n) is 9.02. The lowest BCUT2D eigenvalue weighted by Crippen LogP contribution is -2.54. The van der Waals surface area contributed by atoms with Crippen molar-refractivity contribution in [2.45, 2.75) is 63.2 Å². The summed E-state index contributed by atoms with van der Waals surface area (Å²) in [7, 11) is 0. The van der Waals surface area contributed by atoms with Crippen molar-refractivity contribution in [3.05, 3.63) is 134 Å². The Morgan fingerprint density at radius 3 is 1.98 bits per heavy atom. The van der Waals surface area contributed by atoms with E-state index in [4.69, 9.17) is 15.2 Å². The molecule has 1 saturated heterocycles. The van der Waals surface area contributed by atoms with Gasteiger partial charge in [0.1, 0.15) is 18.0 Å². The standard InChI is InChI=1S/C36H38N4O6.2ClH/c1-23-30(35(41)45-28-18-9-4-10-19-28)31(26-16-11-17-27(20-26)40(43)44)32(34(37)38-23)36(42)46-29-21-39(22-29)33(24-12-5-2-6-13-24)25-14-7-3-8-15-25;;/h2-3,5-8,11-17,20,28-29,31,33,38H,4,9-10,18-19,21-22,37H2,1H3;2*1H. The molecule has 1 aliphatic carbocycles. The summed E-state index contributed by atoms with van der Waals surface area (Å²) in [6.07, 6.45) is 3.93. The SMILES string of the molecule is CC1=C(C(=O)OC2CCCCC2)C(c2cccc([N+](=O)[O-])c2)C(C(=O)OC2CN(C(c3ccccc3)c3ccccc3)C2)=C(N)N1.Cl.Cl. The Kier molecular flexibility index (Phi) is 12.3. The van der Waals surface area contributed by atoms with Crippen LogP contribution in [0.4, 0.5) is 5.69 Å². The minimum absolute atomic E-state index is 0. The van der Waals surface area contributed by atoms with Gasteiger partial charge in [-0.25, -0.2) is 9.59 Å². The van der Waals surface area contributed by atoms with Crippen molar-refractivity contribution in [2.75, 3.05) is 13.1 Å². The van der Waals surface area contributed by atoms with E-state index in [1.165, 1.54) is 18.2 Å². The summed E-state index contributed by atoms with van der Waals surface area (Å²) in [4.78, 5) is 41.2. The first-order valence-corrected chi connectivity index (χ1v) is 15.8. The number of allylic oxidation sites excluding steroid dienone is 1. The van der Waals surface area contributed by atoms with Gasteiger partial charge in [0.25, 0.3) is 5.69 Å². The summed E-state index contributed by atoms with van der Waals surface area (Å²) in [6, 6.07) is 26.2. The van der Waals surface area contributed by atoms with Crippen LogP contribution >= 0.6 is 24.8 Å². The Morgan fingerprint density at radius 1 is 0.833 bits per heavy atom. The maximum absolute atomic E-state index is 14.0. The normalized spacial score (nSPS) is 18.6. The van der Waals surface area contributed by atoms with E-state index in [1.54, 1.807) is 13.0 Å². The molecular weight excluding hydrogens is 655 g/mol. The van der Waals surface area contributed by atoms with E-state index < -0.39 is 28.9 Å². The lowest BCUT2D eigenvalue weighted by Gasteiger charge is -2.44. The molecule has 2 heterocycles. The van der Waals surface area contributed by atoms with E-state index in [1.807, 2.05) is 36.4 Å². The van der Waals surface area contributed by atoms with Crippen LogP contribution in [-0.2, 0) is 19.1 Å². The Hall–Kier alpha value is -4.38. The second kappa shape index (κ2) is 16.1. The summed E-state index contributed by atoms with van der Waals surface area (Å²) in [5, 5.41) is 14.7. The van der Waals surface area contributed by atoms with Gasteiger partial charge in [-0.1, -0.05) is 79.2 Å². The molecule has 0 radical (unpaired) electrons. The van der Waals surface area contributed by atoms with E-state index in [0.29, 0.717) is 24.4 Å². The Bertz CT molecular complexity index is 1630. The Labute approximate surface area is 292 Å². The van der Waals surface area contributed by atoms with Crippen LogP contribution in [0.15, 0.2) is 108 Å². The van der Waals surface area contributed by atoms with Gasteiger partial charge in [-0.15, -0.1) is 24.8 Å². The minimum atomic E-state index is -1.01. The van der Waals surface area contributed by atoms with Crippen LogP contribution < -0.4 is 11.1 Å². The number of non-ortho nitro benzene ring substituents is 1. The molecule has 0 spiro atoms. The number of benzene rings is 3. The molecule has 2 aliphatic heterocycles. The van der Waals surface area contributed by atoms with Crippen molar-refractivity contribution in [3.63, 3.8) is 0 Å². The number of esters is 2. The van der Waals surface area contributed by atoms with Crippen LogP contribution in [0.5, 0.6) is 0 Å². The molecule has 12 heteroatoms. The van der Waals surface area contributed by atoms with Crippen molar-refractivity contribution in [1.29, 1.82) is 0 Å². The zero-order chi connectivity index (χ0) is 32.2. The summed E-state index contributed by atoms with van der Waals surface area (Å²) in [5.74, 6) is -2.23. The molecule has 3 aromatic carbocycles. The highest BCUT2D eigenvalue weighted by Gasteiger charge is 2.42. The van der Waals surface area contributed by atoms with Gasteiger partial charge in [0.05, 0.1) is 28.0 Å². The van der Waals surface area contributed by atoms with Gasteiger partial charge < -0.3 is 20.5 Å². The number of rotatable bonds is 9. The quantitative estimate of drug-likeness (QED) is 0.147. The molecule has 254 valence electrons. The number of ether oxygens (including phenoxy) is 2. The van der Waals surface area contributed by atoms with Crippen molar-refractivity contribution < 1.29 is 24.0 Å². The topological polar surface area (TPSA) is 137 Å². The molecular formula is C36H40Cl2N4O6. The smallest absolute Gasteiger partial charge is 0.339 e. The van der Waals surface area contributed by atoms with Crippen LogP contribution in [0.2, 0.25) is 0 Å². The van der Waals surface area contributed by atoms with Crippen molar-refractivity contribution in [3.8, 4) is 0 Å². The van der Waals surface area contributed by atoms with Gasteiger partial charge in [-0.2, -0.15) is 0 Å². The number of nitrogens with one attached hydrogen (secondary N) is 1. The van der Waals surface area contributed by atoms with Crippen LogP contribution in [0.1, 0.15) is 67.7 Å². The first-order chi connectivity index (χ1) is 22.3. The zero-order valence-corrected chi connectivity index (χ0v) is 28.2. The van der Waals surface area contributed by atoms with E-state index in [9.17, 15) is 19.7 Å². The van der Waals surface area contributed by atoms with Crippen LogP contribution in [0.25, 0.3) is 0 Å². The fourth-order valence-electron chi connectivity index (χ4n) is 6.76. The largest absolute Gasteiger partial charge is 0.459 e. The number of nitro groups is 1. The van der Waals surface area contributed by atoms with Gasteiger partial charge in [0, 0.05) is 30.9 Å². The number of nitrogens with zero attached hydrogens (tertiary/aromatic N) is 2. The molecule has 3 aliphatic rings. The molecule has 3 aromatic rings. The number of nitrogens with two attached hydrogens (primary N) is 1. The third-order valence-corrected chi connectivity index (χ3v) is 9.02. The highest BCUT2D eigenvalue weighted by molar-refractivity contribution is 6.00. The maximum atomic E-state index is 14.0. The number of carbonyl (C=O) groups is 2. The van der Waals surface area contributed by atoms with Crippen LogP contribution in [0, 0.1) is 10.1 Å². The predicted molar refractivity (Wildman–Crippen MR) is 187 cm³/mol. The number of likely N-dealkylation sites (tertiary alicyclic amines) is 1. The van der Waals surface area contributed by atoms with Gasteiger partial charge in [0.2, 0.25) is 0 Å². The average Bonchev–Trinajstić information content (AvgIpc) is 3.04. The molecule has 2 fully saturated rings. The molecule has 48 heavy (non-hydrogen) atoms. The molecule has 1 saturated carbocycles. The molecule has 1 atom stereocenters. The van der Waals surface area contributed by atoms with E-state index in [2.05, 4.69) is 34.5 Å². The molecule has 0 aromatic heterocycles. The lowest BCUT2D eigenvalue weighted by atomic mass is 9.81. The highest BCUT2D eigenvalue weighted by atomic mass is 35.5. The number of nitro benzene ring substituents is 1. The highest BCUT2D eigenvalue weighted by Crippen LogP contribution is 2.41. The van der Waals surface area contributed by atoms with Gasteiger partial charge in [-0.3, -0.25) is 15.0 Å². The Balaban J connectivity index is 0.00000260. The molecule has 3 N–H and O–H groups in total. The molecule has 0 bridgehead atoms. The van der Waals surface area contributed by atoms with Crippen molar-refractivity contribution >= 4 is 42.4 Å². The van der Waals surface area contributed by atoms with Crippen molar-refractivity contribution in [2.24, 2.45) is 5.73 Å². The second-order valence-electron chi connectivity index (χ2n) is 12.1. The summed E-state index contributed by atoms with van der Waals surface area (Å²) < 4.78 is 12.0. The maximum Gasteiger partial charge on any atom is 0.339 e. The minimum Gasteiger partial charge on any atom is -0.459 e. The lowest BCUT2D eigenvalue weighted by molar-refractivity contribution is -0.384. The number of carbonyl (C=O) groups excluding carboxylic acids is 2.